The van der Waals surface area contributed by atoms with E-state index in [1.54, 1.807) is 7.05 Å². The highest BCUT2D eigenvalue weighted by atomic mass is 79.9. The summed E-state index contributed by atoms with van der Waals surface area (Å²) in [4.78, 5) is 23.5. The number of carbonyl (C=O) groups is 2. The zero-order chi connectivity index (χ0) is 12.8. The van der Waals surface area contributed by atoms with Crippen LogP contribution in [-0.2, 0) is 16.1 Å². The van der Waals surface area contributed by atoms with Crippen molar-refractivity contribution in [2.75, 3.05) is 7.05 Å². The maximum Gasteiger partial charge on any atom is 0.303 e. The van der Waals surface area contributed by atoms with Crippen molar-refractivity contribution in [3.8, 4) is 0 Å². The summed E-state index contributed by atoms with van der Waals surface area (Å²) < 4.78 is 0.942. The first-order chi connectivity index (χ1) is 8.00. The number of carboxylic acids is 1. The van der Waals surface area contributed by atoms with Crippen molar-refractivity contribution in [3.63, 3.8) is 0 Å². The Bertz CT molecular complexity index is 420. The van der Waals surface area contributed by atoms with Crippen molar-refractivity contribution in [1.82, 2.24) is 4.90 Å². The Labute approximate surface area is 108 Å². The Morgan fingerprint density at radius 2 is 1.94 bits per heavy atom. The lowest BCUT2D eigenvalue weighted by atomic mass is 10.2. The zero-order valence-electron chi connectivity index (χ0n) is 9.52. The number of aliphatic carboxylic acids is 1. The van der Waals surface area contributed by atoms with Crippen LogP contribution in [0.4, 0.5) is 0 Å². The second kappa shape index (κ2) is 6.39. The first-order valence-electron chi connectivity index (χ1n) is 5.20. The smallest absolute Gasteiger partial charge is 0.303 e. The number of halogens is 1. The normalized spacial score (nSPS) is 10.0. The van der Waals surface area contributed by atoms with Crippen LogP contribution in [0.5, 0.6) is 0 Å². The van der Waals surface area contributed by atoms with E-state index in [0.29, 0.717) is 6.54 Å². The predicted octanol–water partition coefficient (Wildman–Crippen LogP) is 2.27. The Morgan fingerprint density at radius 1 is 1.29 bits per heavy atom. The number of carboxylic acid groups (broad SMARTS) is 1. The van der Waals surface area contributed by atoms with Gasteiger partial charge in [0.05, 0.1) is 6.42 Å². The first kappa shape index (κ1) is 13.7. The minimum absolute atomic E-state index is 0.0380. The summed E-state index contributed by atoms with van der Waals surface area (Å²) in [5.74, 6) is -1.12. The van der Waals surface area contributed by atoms with Crippen LogP contribution in [0.1, 0.15) is 18.4 Å². The van der Waals surface area contributed by atoms with Crippen LogP contribution < -0.4 is 0 Å². The van der Waals surface area contributed by atoms with E-state index in [1.165, 1.54) is 4.90 Å². The Hall–Kier alpha value is -1.36. The van der Waals surface area contributed by atoms with Gasteiger partial charge >= 0.3 is 5.97 Å². The molecular formula is C12H14BrNO3. The van der Waals surface area contributed by atoms with Crippen molar-refractivity contribution < 1.29 is 14.7 Å². The van der Waals surface area contributed by atoms with Gasteiger partial charge in [-0.2, -0.15) is 0 Å². The van der Waals surface area contributed by atoms with Gasteiger partial charge in [-0.05, 0) is 11.6 Å². The quantitative estimate of drug-likeness (QED) is 0.907. The average Bonchev–Trinajstić information content (AvgIpc) is 2.28. The van der Waals surface area contributed by atoms with E-state index < -0.39 is 5.97 Å². The lowest BCUT2D eigenvalue weighted by molar-refractivity contribution is -0.140. The lowest BCUT2D eigenvalue weighted by Gasteiger charge is -2.17. The van der Waals surface area contributed by atoms with Gasteiger partial charge in [0.25, 0.3) is 0 Å². The third kappa shape index (κ3) is 4.56. The molecule has 0 heterocycles. The average molecular weight is 300 g/mol. The largest absolute Gasteiger partial charge is 0.481 e. The summed E-state index contributed by atoms with van der Waals surface area (Å²) in [6.45, 7) is 0.472. The molecular weight excluding hydrogens is 286 g/mol. The number of hydrogen-bond acceptors (Lipinski definition) is 2. The molecule has 0 aliphatic heterocycles. The summed E-state index contributed by atoms with van der Waals surface area (Å²) >= 11 is 3.40. The van der Waals surface area contributed by atoms with Crippen LogP contribution in [0.2, 0.25) is 0 Å². The minimum Gasteiger partial charge on any atom is -0.481 e. The first-order valence-corrected chi connectivity index (χ1v) is 5.99. The molecule has 0 aromatic heterocycles. The summed E-state index contributed by atoms with van der Waals surface area (Å²) in [7, 11) is 1.67. The fourth-order valence-electron chi connectivity index (χ4n) is 1.38. The highest BCUT2D eigenvalue weighted by Gasteiger charge is 2.12. The Morgan fingerprint density at radius 3 is 2.53 bits per heavy atom. The van der Waals surface area contributed by atoms with Gasteiger partial charge < -0.3 is 10.0 Å². The topological polar surface area (TPSA) is 57.6 Å². The van der Waals surface area contributed by atoms with Crippen LogP contribution >= 0.6 is 15.9 Å². The second-order valence-corrected chi connectivity index (χ2v) is 4.59. The highest BCUT2D eigenvalue weighted by molar-refractivity contribution is 9.10. The van der Waals surface area contributed by atoms with Crippen molar-refractivity contribution in [2.45, 2.75) is 19.4 Å². The number of amides is 1. The molecule has 5 heteroatoms. The summed E-state index contributed by atoms with van der Waals surface area (Å²) in [5.41, 5.74) is 0.999. The molecule has 1 amide bonds. The molecule has 1 N–H and O–H groups in total. The van der Waals surface area contributed by atoms with Crippen molar-refractivity contribution >= 4 is 27.8 Å². The van der Waals surface area contributed by atoms with Gasteiger partial charge in [-0.3, -0.25) is 9.59 Å². The van der Waals surface area contributed by atoms with Gasteiger partial charge in [-0.15, -0.1) is 0 Å². The number of benzene rings is 1. The molecule has 0 radical (unpaired) electrons. The molecule has 0 aliphatic carbocycles. The van der Waals surface area contributed by atoms with Gasteiger partial charge in [0.15, 0.2) is 0 Å². The predicted molar refractivity (Wildman–Crippen MR) is 67.5 cm³/mol. The molecule has 0 atom stereocenters. The molecule has 4 nitrogen and oxygen atoms in total. The van der Waals surface area contributed by atoms with E-state index in [1.807, 2.05) is 24.3 Å². The fourth-order valence-corrected chi connectivity index (χ4v) is 1.79. The summed E-state index contributed by atoms with van der Waals surface area (Å²) in [5, 5.41) is 8.50. The van der Waals surface area contributed by atoms with Gasteiger partial charge in [0.2, 0.25) is 5.91 Å². The maximum atomic E-state index is 11.6. The number of hydrogen-bond donors (Lipinski definition) is 1. The maximum absolute atomic E-state index is 11.6. The lowest BCUT2D eigenvalue weighted by Crippen LogP contribution is -2.26. The van der Waals surface area contributed by atoms with Crippen LogP contribution in [0.15, 0.2) is 28.7 Å². The molecule has 0 aliphatic rings. The van der Waals surface area contributed by atoms with E-state index in [4.69, 9.17) is 5.11 Å². The fraction of sp³-hybridized carbons (Fsp3) is 0.333. The van der Waals surface area contributed by atoms with Crippen molar-refractivity contribution in [2.24, 2.45) is 0 Å². The molecule has 0 unspecified atom stereocenters. The molecule has 1 rings (SSSR count). The SMILES string of the molecule is CN(Cc1ccccc1Br)C(=O)CCC(=O)O. The number of rotatable bonds is 5. The van der Waals surface area contributed by atoms with Gasteiger partial charge in [0.1, 0.15) is 0 Å². The van der Waals surface area contributed by atoms with E-state index >= 15 is 0 Å². The van der Waals surface area contributed by atoms with E-state index in [-0.39, 0.29) is 18.7 Å². The van der Waals surface area contributed by atoms with E-state index in [9.17, 15) is 9.59 Å². The van der Waals surface area contributed by atoms with Gasteiger partial charge in [-0.25, -0.2) is 0 Å². The third-order valence-electron chi connectivity index (χ3n) is 2.34. The molecule has 0 bridgehead atoms. The summed E-state index contributed by atoms with van der Waals surface area (Å²) in [6, 6.07) is 7.63. The third-order valence-corrected chi connectivity index (χ3v) is 3.12. The van der Waals surface area contributed by atoms with Crippen LogP contribution in [0.3, 0.4) is 0 Å². The number of nitrogens with zero attached hydrogens (tertiary/aromatic N) is 1. The highest BCUT2D eigenvalue weighted by Crippen LogP contribution is 2.17. The Balaban J connectivity index is 2.54. The zero-order valence-corrected chi connectivity index (χ0v) is 11.1. The molecule has 1 aromatic rings. The molecule has 0 spiro atoms. The Kier molecular flexibility index (Phi) is 5.15. The van der Waals surface area contributed by atoms with Crippen LogP contribution in [0.25, 0.3) is 0 Å². The van der Waals surface area contributed by atoms with Crippen LogP contribution in [0, 0.1) is 0 Å². The van der Waals surface area contributed by atoms with Crippen LogP contribution in [-0.4, -0.2) is 28.9 Å². The molecule has 0 saturated carbocycles. The second-order valence-electron chi connectivity index (χ2n) is 3.73. The van der Waals surface area contributed by atoms with E-state index in [2.05, 4.69) is 15.9 Å². The molecule has 0 fully saturated rings. The van der Waals surface area contributed by atoms with Crippen molar-refractivity contribution in [3.05, 3.63) is 34.3 Å². The minimum atomic E-state index is -0.951. The molecule has 17 heavy (non-hydrogen) atoms. The van der Waals surface area contributed by atoms with E-state index in [0.717, 1.165) is 10.0 Å². The monoisotopic (exact) mass is 299 g/mol. The molecule has 1 aromatic carbocycles. The summed E-state index contributed by atoms with van der Waals surface area (Å²) in [6.07, 6.45) is -0.0879. The van der Waals surface area contributed by atoms with Gasteiger partial charge in [-0.1, -0.05) is 34.1 Å². The van der Waals surface area contributed by atoms with Crippen molar-refractivity contribution in [1.29, 1.82) is 0 Å². The standard InChI is InChI=1S/C12H14BrNO3/c1-14(11(15)6-7-12(16)17)8-9-4-2-3-5-10(9)13/h2-5H,6-8H2,1H3,(H,16,17). The number of carbonyl (C=O) groups excluding carboxylic acids is 1. The molecule has 0 saturated heterocycles. The van der Waals surface area contributed by atoms with Gasteiger partial charge in [0, 0.05) is 24.5 Å². The molecule has 92 valence electrons.